The molecule has 2 aliphatic heterocycles. The first-order valence-electron chi connectivity index (χ1n) is 9.86. The molecule has 4 nitrogen and oxygen atoms in total. The van der Waals surface area contributed by atoms with Crippen molar-refractivity contribution in [2.45, 2.75) is 31.5 Å². The molecule has 1 spiro atoms. The topological polar surface area (TPSA) is 38.8 Å². The highest BCUT2D eigenvalue weighted by atomic mass is 16.7. The minimum absolute atomic E-state index is 0.100. The summed E-state index contributed by atoms with van der Waals surface area (Å²) in [5.41, 5.74) is 2.68. The summed E-state index contributed by atoms with van der Waals surface area (Å²) in [6.45, 7) is 6.52. The van der Waals surface area contributed by atoms with Gasteiger partial charge in [-0.2, -0.15) is 0 Å². The monoisotopic (exact) mass is 365 g/mol. The van der Waals surface area contributed by atoms with Crippen molar-refractivity contribution in [2.75, 3.05) is 32.8 Å². The molecule has 1 atom stereocenters. The van der Waals surface area contributed by atoms with Gasteiger partial charge < -0.3 is 14.4 Å². The van der Waals surface area contributed by atoms with Gasteiger partial charge in [0.1, 0.15) is 0 Å². The fraction of sp³-hybridized carbons (Fsp3) is 0.435. The number of nitrogens with zero attached hydrogens (tertiary/aromatic N) is 1. The first kappa shape index (κ1) is 18.4. The minimum atomic E-state index is -0.332. The van der Waals surface area contributed by atoms with Crippen LogP contribution in [0.25, 0.3) is 0 Å². The molecular formula is C23H27NO3. The van der Waals surface area contributed by atoms with Crippen molar-refractivity contribution in [1.82, 2.24) is 4.90 Å². The summed E-state index contributed by atoms with van der Waals surface area (Å²) in [5.74, 6) is 0.0534. The molecule has 4 rings (SSSR count). The molecule has 0 aliphatic carbocycles. The number of carbonyl (C=O) groups excluding carboxylic acids is 1. The summed E-state index contributed by atoms with van der Waals surface area (Å²) in [6.07, 6.45) is 1.84. The first-order chi connectivity index (χ1) is 13.2. The summed E-state index contributed by atoms with van der Waals surface area (Å²) in [4.78, 5) is 15.4. The Balaban J connectivity index is 1.45. The number of hydrogen-bond donors (Lipinski definition) is 0. The van der Waals surface area contributed by atoms with Crippen LogP contribution < -0.4 is 0 Å². The smallest absolute Gasteiger partial charge is 0.193 e. The molecule has 0 radical (unpaired) electrons. The van der Waals surface area contributed by atoms with Crippen molar-refractivity contribution in [3.8, 4) is 0 Å². The first-order valence-corrected chi connectivity index (χ1v) is 9.86. The molecule has 2 heterocycles. The number of rotatable bonds is 5. The Morgan fingerprint density at radius 2 is 1.63 bits per heavy atom. The maximum absolute atomic E-state index is 13.0. The van der Waals surface area contributed by atoms with E-state index in [2.05, 4.69) is 17.9 Å². The van der Waals surface area contributed by atoms with Crippen LogP contribution in [-0.4, -0.2) is 49.3 Å². The zero-order chi connectivity index (χ0) is 18.7. The third-order valence-corrected chi connectivity index (χ3v) is 5.74. The molecule has 0 saturated carbocycles. The zero-order valence-corrected chi connectivity index (χ0v) is 15.9. The highest BCUT2D eigenvalue weighted by Crippen LogP contribution is 2.32. The van der Waals surface area contributed by atoms with Crippen LogP contribution in [0.5, 0.6) is 0 Å². The van der Waals surface area contributed by atoms with Gasteiger partial charge in [-0.15, -0.1) is 0 Å². The molecule has 0 bridgehead atoms. The van der Waals surface area contributed by atoms with Crippen molar-refractivity contribution in [3.05, 3.63) is 71.3 Å². The number of benzene rings is 2. The van der Waals surface area contributed by atoms with Gasteiger partial charge >= 0.3 is 0 Å². The predicted octanol–water partition coefficient (Wildman–Crippen LogP) is 3.86. The number of likely N-dealkylation sites (tertiary alicyclic amines) is 1. The maximum Gasteiger partial charge on any atom is 0.193 e. The number of piperidine rings is 1. The van der Waals surface area contributed by atoms with E-state index in [4.69, 9.17) is 9.47 Å². The van der Waals surface area contributed by atoms with Crippen LogP contribution >= 0.6 is 0 Å². The van der Waals surface area contributed by atoms with Crippen LogP contribution in [0.2, 0.25) is 0 Å². The van der Waals surface area contributed by atoms with E-state index in [9.17, 15) is 4.79 Å². The SMILES string of the molecule is CC(CN1CCC2(CC1)OCCO2)c1ccccc1C(=O)c1ccccc1. The summed E-state index contributed by atoms with van der Waals surface area (Å²) >= 11 is 0. The van der Waals surface area contributed by atoms with Crippen LogP contribution in [0.15, 0.2) is 54.6 Å². The number of carbonyl (C=O) groups is 1. The maximum atomic E-state index is 13.0. The van der Waals surface area contributed by atoms with Crippen molar-refractivity contribution in [1.29, 1.82) is 0 Å². The Kier molecular flexibility index (Phi) is 5.39. The molecule has 27 heavy (non-hydrogen) atoms. The predicted molar refractivity (Wildman–Crippen MR) is 105 cm³/mol. The van der Waals surface area contributed by atoms with E-state index in [-0.39, 0.29) is 17.5 Å². The largest absolute Gasteiger partial charge is 0.347 e. The Bertz CT molecular complexity index is 773. The molecule has 2 saturated heterocycles. The summed E-state index contributed by atoms with van der Waals surface area (Å²) in [6, 6.07) is 17.6. The molecule has 0 aromatic heterocycles. The van der Waals surface area contributed by atoms with Crippen LogP contribution in [0.4, 0.5) is 0 Å². The molecule has 0 amide bonds. The van der Waals surface area contributed by atoms with E-state index >= 15 is 0 Å². The molecule has 2 aliphatic rings. The van der Waals surface area contributed by atoms with Gasteiger partial charge in [-0.1, -0.05) is 61.5 Å². The summed E-state index contributed by atoms with van der Waals surface area (Å²) in [5, 5.41) is 0. The van der Waals surface area contributed by atoms with Gasteiger partial charge in [0.2, 0.25) is 0 Å². The number of hydrogen-bond acceptors (Lipinski definition) is 4. The quantitative estimate of drug-likeness (QED) is 0.754. The van der Waals surface area contributed by atoms with Gasteiger partial charge in [0, 0.05) is 43.6 Å². The van der Waals surface area contributed by atoms with Crippen molar-refractivity contribution in [2.24, 2.45) is 0 Å². The third kappa shape index (κ3) is 3.98. The standard InChI is InChI=1S/C23H27NO3/c1-18(17-24-13-11-23(12-14-24)26-15-16-27-23)20-9-5-6-10-21(20)22(25)19-7-3-2-4-8-19/h2-10,18H,11-17H2,1H3. The van der Waals surface area contributed by atoms with Gasteiger partial charge in [-0.05, 0) is 11.5 Å². The number of ether oxygens (including phenoxy) is 2. The normalized spacial score (nSPS) is 20.6. The second-order valence-electron chi connectivity index (χ2n) is 7.59. The molecule has 4 heteroatoms. The van der Waals surface area contributed by atoms with Gasteiger partial charge in [-0.3, -0.25) is 4.79 Å². The van der Waals surface area contributed by atoms with Gasteiger partial charge in [0.15, 0.2) is 11.6 Å². The molecule has 142 valence electrons. The van der Waals surface area contributed by atoms with E-state index in [1.165, 1.54) is 0 Å². The molecular weight excluding hydrogens is 338 g/mol. The van der Waals surface area contributed by atoms with Crippen LogP contribution in [0.3, 0.4) is 0 Å². The Morgan fingerprint density at radius 3 is 2.33 bits per heavy atom. The van der Waals surface area contributed by atoms with Crippen LogP contribution in [0.1, 0.15) is 47.2 Å². The second kappa shape index (κ2) is 7.93. The summed E-state index contributed by atoms with van der Waals surface area (Å²) in [7, 11) is 0. The highest BCUT2D eigenvalue weighted by molar-refractivity contribution is 6.10. The van der Waals surface area contributed by atoms with E-state index < -0.39 is 0 Å². The van der Waals surface area contributed by atoms with Crippen molar-refractivity contribution < 1.29 is 14.3 Å². The van der Waals surface area contributed by atoms with Gasteiger partial charge in [0.25, 0.3) is 0 Å². The fourth-order valence-electron chi connectivity index (χ4n) is 4.23. The van der Waals surface area contributed by atoms with E-state index in [1.807, 2.05) is 48.5 Å². The van der Waals surface area contributed by atoms with Crippen LogP contribution in [-0.2, 0) is 9.47 Å². The Hall–Kier alpha value is -2.01. The average molecular weight is 365 g/mol. The Labute approximate surface area is 161 Å². The van der Waals surface area contributed by atoms with E-state index in [0.717, 1.165) is 49.2 Å². The molecule has 0 N–H and O–H groups in total. The lowest BCUT2D eigenvalue weighted by Gasteiger charge is -2.38. The lowest BCUT2D eigenvalue weighted by atomic mass is 9.90. The molecule has 2 fully saturated rings. The van der Waals surface area contributed by atoms with E-state index in [0.29, 0.717) is 13.2 Å². The molecule has 1 unspecified atom stereocenters. The summed E-state index contributed by atoms with van der Waals surface area (Å²) < 4.78 is 11.7. The minimum Gasteiger partial charge on any atom is -0.347 e. The van der Waals surface area contributed by atoms with Gasteiger partial charge in [-0.25, -0.2) is 0 Å². The lowest BCUT2D eigenvalue weighted by Crippen LogP contribution is -2.46. The second-order valence-corrected chi connectivity index (χ2v) is 7.59. The van der Waals surface area contributed by atoms with Crippen LogP contribution in [0, 0.1) is 0 Å². The fourth-order valence-corrected chi connectivity index (χ4v) is 4.23. The van der Waals surface area contributed by atoms with Crippen molar-refractivity contribution >= 4 is 5.78 Å². The third-order valence-electron chi connectivity index (χ3n) is 5.74. The van der Waals surface area contributed by atoms with Crippen molar-refractivity contribution in [3.63, 3.8) is 0 Å². The lowest BCUT2D eigenvalue weighted by molar-refractivity contribution is -0.185. The average Bonchev–Trinajstić information content (AvgIpc) is 3.18. The van der Waals surface area contributed by atoms with E-state index in [1.54, 1.807) is 0 Å². The highest BCUT2D eigenvalue weighted by Gasteiger charge is 2.39. The molecule has 2 aromatic rings. The Morgan fingerprint density at radius 1 is 1.00 bits per heavy atom. The molecule has 2 aromatic carbocycles. The van der Waals surface area contributed by atoms with Gasteiger partial charge in [0.05, 0.1) is 13.2 Å². The number of ketones is 1. The zero-order valence-electron chi connectivity index (χ0n) is 15.9.